The minimum Gasteiger partial charge on any atom is -0.383 e. The molecule has 1 aromatic carbocycles. The van der Waals surface area contributed by atoms with Gasteiger partial charge in [0.2, 0.25) is 5.91 Å². The fourth-order valence-electron chi connectivity index (χ4n) is 3.13. The van der Waals surface area contributed by atoms with Crippen molar-refractivity contribution in [2.45, 2.75) is 53.5 Å². The number of carbonyl (C=O) groups excluding carboxylic acids is 2. The van der Waals surface area contributed by atoms with Crippen LogP contribution in [0.5, 0.6) is 0 Å². The maximum atomic E-state index is 13.3. The number of aromatic nitrogens is 2. The number of aromatic amines is 1. The largest absolute Gasteiger partial charge is 0.383 e. The van der Waals surface area contributed by atoms with Crippen molar-refractivity contribution in [3.63, 3.8) is 0 Å². The lowest BCUT2D eigenvalue weighted by Crippen LogP contribution is -2.42. The van der Waals surface area contributed by atoms with E-state index in [1.54, 1.807) is 24.3 Å². The van der Waals surface area contributed by atoms with Crippen LogP contribution in [0.3, 0.4) is 0 Å². The van der Waals surface area contributed by atoms with Gasteiger partial charge in [0.1, 0.15) is 5.82 Å². The Morgan fingerprint density at radius 1 is 1.19 bits per heavy atom. The van der Waals surface area contributed by atoms with Crippen molar-refractivity contribution in [3.8, 4) is 0 Å². The van der Waals surface area contributed by atoms with Crippen LogP contribution in [0.2, 0.25) is 0 Å². The summed E-state index contributed by atoms with van der Waals surface area (Å²) in [7, 11) is 0. The monoisotopic (exact) mass is 429 g/mol. The van der Waals surface area contributed by atoms with Crippen molar-refractivity contribution in [1.29, 1.82) is 0 Å². The fourth-order valence-corrected chi connectivity index (χ4v) is 3.13. The van der Waals surface area contributed by atoms with Gasteiger partial charge < -0.3 is 16.0 Å². The Hall–Kier alpha value is -3.36. The fraction of sp³-hybridized carbons (Fsp3) is 0.455. The van der Waals surface area contributed by atoms with Crippen molar-refractivity contribution in [2.75, 3.05) is 22.5 Å². The van der Waals surface area contributed by atoms with E-state index in [2.05, 4.69) is 10.3 Å². The summed E-state index contributed by atoms with van der Waals surface area (Å²) in [5.74, 6) is -0.364. The van der Waals surface area contributed by atoms with Crippen LogP contribution >= 0.6 is 0 Å². The van der Waals surface area contributed by atoms with Gasteiger partial charge in [-0.15, -0.1) is 0 Å². The van der Waals surface area contributed by atoms with Gasteiger partial charge in [-0.2, -0.15) is 0 Å². The molecule has 9 heteroatoms. The van der Waals surface area contributed by atoms with E-state index >= 15 is 0 Å². The molecule has 0 radical (unpaired) electrons. The molecule has 1 aromatic heterocycles. The predicted molar refractivity (Wildman–Crippen MR) is 123 cm³/mol. The van der Waals surface area contributed by atoms with Gasteiger partial charge in [0.05, 0.1) is 0 Å². The number of amides is 2. The number of hydrogen-bond donors (Lipinski definition) is 3. The lowest BCUT2D eigenvalue weighted by Gasteiger charge is -2.25. The van der Waals surface area contributed by atoms with E-state index in [-0.39, 0.29) is 29.9 Å². The van der Waals surface area contributed by atoms with Gasteiger partial charge in [0, 0.05) is 31.3 Å². The Morgan fingerprint density at radius 3 is 2.39 bits per heavy atom. The Balaban J connectivity index is 2.51. The van der Waals surface area contributed by atoms with E-state index in [4.69, 9.17) is 5.73 Å². The first kappa shape index (κ1) is 23.9. The number of nitrogens with one attached hydrogen (secondary N) is 2. The van der Waals surface area contributed by atoms with Crippen molar-refractivity contribution in [3.05, 3.63) is 50.7 Å². The second kappa shape index (κ2) is 10.6. The number of unbranched alkanes of at least 4 members (excludes halogenated alkanes) is 1. The van der Waals surface area contributed by atoms with Crippen molar-refractivity contribution >= 4 is 29.0 Å². The predicted octanol–water partition coefficient (Wildman–Crippen LogP) is 2.57. The summed E-state index contributed by atoms with van der Waals surface area (Å²) >= 11 is 0. The molecule has 4 N–H and O–H groups in total. The lowest BCUT2D eigenvalue weighted by molar-refractivity contribution is -0.114. The third-order valence-electron chi connectivity index (χ3n) is 4.85. The molecule has 31 heavy (non-hydrogen) atoms. The number of nitrogen functional groups attached to an aromatic ring is 1. The Kier molecular flexibility index (Phi) is 8.18. The third-order valence-corrected chi connectivity index (χ3v) is 4.85. The van der Waals surface area contributed by atoms with Gasteiger partial charge in [-0.25, -0.2) is 4.79 Å². The molecule has 0 unspecified atom stereocenters. The summed E-state index contributed by atoms with van der Waals surface area (Å²) in [4.78, 5) is 53.2. The van der Waals surface area contributed by atoms with E-state index in [1.807, 2.05) is 20.8 Å². The van der Waals surface area contributed by atoms with E-state index in [0.717, 1.165) is 6.42 Å². The third kappa shape index (κ3) is 6.07. The smallest absolute Gasteiger partial charge is 0.330 e. The molecule has 0 fully saturated rings. The maximum Gasteiger partial charge on any atom is 0.330 e. The van der Waals surface area contributed by atoms with Crippen LogP contribution in [-0.2, 0) is 11.3 Å². The number of hydrogen-bond acceptors (Lipinski definition) is 5. The molecular formula is C22H31N5O4. The lowest BCUT2D eigenvalue weighted by atomic mass is 10.1. The molecule has 2 rings (SSSR count). The average Bonchev–Trinajstić information content (AvgIpc) is 2.69. The number of nitrogens with zero attached hydrogens (tertiary/aromatic N) is 2. The van der Waals surface area contributed by atoms with Crippen LogP contribution in [0, 0.1) is 5.92 Å². The number of rotatable bonds is 9. The van der Waals surface area contributed by atoms with E-state index < -0.39 is 17.2 Å². The summed E-state index contributed by atoms with van der Waals surface area (Å²) in [6.07, 6.45) is 2.19. The molecule has 2 amide bonds. The molecule has 0 spiro atoms. The molecule has 1 heterocycles. The zero-order valence-corrected chi connectivity index (χ0v) is 18.5. The summed E-state index contributed by atoms with van der Waals surface area (Å²) in [6.45, 7) is 8.03. The molecule has 2 aromatic rings. The van der Waals surface area contributed by atoms with Crippen LogP contribution in [0.25, 0.3) is 0 Å². The summed E-state index contributed by atoms with van der Waals surface area (Å²) < 4.78 is 1.30. The first-order chi connectivity index (χ1) is 14.6. The molecular weight excluding hydrogens is 398 g/mol. The zero-order valence-electron chi connectivity index (χ0n) is 18.5. The summed E-state index contributed by atoms with van der Waals surface area (Å²) in [5, 5.41) is 2.65. The number of H-pyrrole nitrogens is 1. The second-order valence-electron chi connectivity index (χ2n) is 7.90. The van der Waals surface area contributed by atoms with Crippen molar-refractivity contribution in [2.24, 2.45) is 5.92 Å². The Labute approximate surface area is 181 Å². The highest BCUT2D eigenvalue weighted by molar-refractivity contribution is 6.07. The highest BCUT2D eigenvalue weighted by atomic mass is 16.2. The van der Waals surface area contributed by atoms with Gasteiger partial charge in [0.15, 0.2) is 5.69 Å². The minimum absolute atomic E-state index is 0.0193. The number of anilines is 3. The number of benzene rings is 1. The van der Waals surface area contributed by atoms with Crippen LogP contribution in [0.4, 0.5) is 17.2 Å². The average molecular weight is 430 g/mol. The van der Waals surface area contributed by atoms with Crippen LogP contribution < -0.4 is 27.2 Å². The minimum atomic E-state index is -0.692. The standard InChI is InChI=1S/C22H31N5O4/c1-5-6-12-27-19(23)18(20(29)25-22(27)31)26(13-11-14(2)3)21(30)16-7-9-17(10-8-16)24-15(4)28/h7-10,14H,5-6,11-13,23H2,1-4H3,(H,24,28)(H,25,29,31). The number of nitrogens with two attached hydrogens (primary N) is 1. The molecule has 9 nitrogen and oxygen atoms in total. The van der Waals surface area contributed by atoms with Crippen LogP contribution in [0.15, 0.2) is 33.9 Å². The quantitative estimate of drug-likeness (QED) is 0.564. The molecule has 0 aliphatic heterocycles. The summed E-state index contributed by atoms with van der Waals surface area (Å²) in [6, 6.07) is 6.39. The second-order valence-corrected chi connectivity index (χ2v) is 7.90. The molecule has 0 atom stereocenters. The first-order valence-corrected chi connectivity index (χ1v) is 10.5. The Morgan fingerprint density at radius 2 is 1.84 bits per heavy atom. The van der Waals surface area contributed by atoms with Gasteiger partial charge in [-0.1, -0.05) is 27.2 Å². The highest BCUT2D eigenvalue weighted by Gasteiger charge is 2.25. The van der Waals surface area contributed by atoms with Crippen LogP contribution in [0.1, 0.15) is 57.3 Å². The zero-order chi connectivity index (χ0) is 23.1. The van der Waals surface area contributed by atoms with Gasteiger partial charge in [-0.05, 0) is 43.0 Å². The Bertz CT molecular complexity index is 1040. The van der Waals surface area contributed by atoms with Crippen molar-refractivity contribution in [1.82, 2.24) is 9.55 Å². The molecule has 0 saturated carbocycles. The van der Waals surface area contributed by atoms with Crippen LogP contribution in [-0.4, -0.2) is 27.9 Å². The maximum absolute atomic E-state index is 13.3. The highest BCUT2D eigenvalue weighted by Crippen LogP contribution is 2.22. The SMILES string of the molecule is CCCCn1c(N)c(N(CCC(C)C)C(=O)c2ccc(NC(C)=O)cc2)c(=O)[nH]c1=O. The molecule has 0 saturated heterocycles. The summed E-state index contributed by atoms with van der Waals surface area (Å²) in [5.41, 5.74) is 5.82. The first-order valence-electron chi connectivity index (χ1n) is 10.5. The molecule has 0 aliphatic rings. The normalized spacial score (nSPS) is 10.9. The van der Waals surface area contributed by atoms with Gasteiger partial charge in [0.25, 0.3) is 11.5 Å². The topological polar surface area (TPSA) is 130 Å². The van der Waals surface area contributed by atoms with Gasteiger partial charge in [-0.3, -0.25) is 23.9 Å². The van der Waals surface area contributed by atoms with E-state index in [0.29, 0.717) is 30.6 Å². The van der Waals surface area contributed by atoms with Crippen molar-refractivity contribution < 1.29 is 9.59 Å². The molecule has 168 valence electrons. The molecule has 0 aliphatic carbocycles. The number of carbonyl (C=O) groups is 2. The van der Waals surface area contributed by atoms with E-state index in [9.17, 15) is 19.2 Å². The van der Waals surface area contributed by atoms with E-state index in [1.165, 1.54) is 16.4 Å². The van der Waals surface area contributed by atoms with Gasteiger partial charge >= 0.3 is 5.69 Å². The molecule has 0 bridgehead atoms.